The first-order chi connectivity index (χ1) is 10.8. The van der Waals surface area contributed by atoms with Crippen LogP contribution in [0.5, 0.6) is 5.75 Å². The lowest BCUT2D eigenvalue weighted by atomic mass is 10.1. The van der Waals surface area contributed by atoms with E-state index < -0.39 is 0 Å². The van der Waals surface area contributed by atoms with E-state index in [-0.39, 0.29) is 12.2 Å². The lowest BCUT2D eigenvalue weighted by Crippen LogP contribution is -2.32. The van der Waals surface area contributed by atoms with Gasteiger partial charge in [-0.05, 0) is 64.8 Å². The molecule has 0 saturated carbocycles. The smallest absolute Gasteiger partial charge is 0.119 e. The third-order valence-corrected chi connectivity index (χ3v) is 4.43. The lowest BCUT2D eigenvalue weighted by Gasteiger charge is -2.26. The second kappa shape index (κ2) is 10.0. The predicted molar refractivity (Wildman–Crippen MR) is 102 cm³/mol. The van der Waals surface area contributed by atoms with Crippen LogP contribution in [0, 0.1) is 0 Å². The van der Waals surface area contributed by atoms with E-state index in [1.807, 2.05) is 31.2 Å². The maximum Gasteiger partial charge on any atom is 0.119 e. The van der Waals surface area contributed by atoms with E-state index in [9.17, 15) is 5.11 Å². The highest BCUT2D eigenvalue weighted by Crippen LogP contribution is 2.21. The number of hydrogen-bond donors (Lipinski definition) is 2. The molecule has 4 heteroatoms. The van der Waals surface area contributed by atoms with Gasteiger partial charge in [0.1, 0.15) is 5.75 Å². The first-order valence-electron chi connectivity index (χ1n) is 8.32. The lowest BCUT2D eigenvalue weighted by molar-refractivity contribution is 0.144. The summed E-state index contributed by atoms with van der Waals surface area (Å²) >= 11 is 4.24. The molecule has 1 aromatic rings. The highest BCUT2D eigenvalue weighted by molar-refractivity contribution is 7.90. The molecule has 0 radical (unpaired) electrons. The Kier molecular flexibility index (Phi) is 8.74. The predicted octanol–water partition coefficient (Wildman–Crippen LogP) is 4.23. The molecule has 1 rings (SSSR count). The zero-order valence-corrected chi connectivity index (χ0v) is 15.7. The second-order valence-electron chi connectivity index (χ2n) is 6.44. The molecule has 130 valence electrons. The van der Waals surface area contributed by atoms with Crippen molar-refractivity contribution in [2.45, 2.75) is 58.3 Å². The summed E-state index contributed by atoms with van der Waals surface area (Å²) in [5.74, 6) is 0.876. The number of nitrogens with zero attached hydrogens (tertiary/aromatic N) is 1. The van der Waals surface area contributed by atoms with Gasteiger partial charge in [-0.25, -0.2) is 0 Å². The van der Waals surface area contributed by atoms with Gasteiger partial charge in [0, 0.05) is 17.5 Å². The highest BCUT2D eigenvalue weighted by Gasteiger charge is 2.12. The van der Waals surface area contributed by atoms with Crippen molar-refractivity contribution in [1.29, 1.82) is 0 Å². The Hall–Kier alpha value is -0.970. The van der Waals surface area contributed by atoms with Crippen LogP contribution in [0.1, 0.15) is 45.6 Å². The summed E-state index contributed by atoms with van der Waals surface area (Å²) in [5.41, 5.74) is 1.01. The van der Waals surface area contributed by atoms with E-state index in [0.717, 1.165) is 42.0 Å². The third-order valence-electron chi connectivity index (χ3n) is 4.17. The fraction of sp³-hybridized carbons (Fsp3) is 0.579. The molecular formula is C19H31NO2S. The van der Waals surface area contributed by atoms with E-state index >= 15 is 0 Å². The molecule has 0 aliphatic rings. The Labute approximate surface area is 146 Å². The Morgan fingerprint density at radius 3 is 2.30 bits per heavy atom. The summed E-state index contributed by atoms with van der Waals surface area (Å²) in [5, 5.41) is 9.37. The number of aliphatic hydroxyl groups is 1. The molecular weight excluding hydrogens is 306 g/mol. The normalized spacial score (nSPS) is 15.3. The van der Waals surface area contributed by atoms with Crippen molar-refractivity contribution in [2.75, 3.05) is 13.6 Å². The monoisotopic (exact) mass is 337 g/mol. The van der Waals surface area contributed by atoms with Crippen LogP contribution in [-0.2, 0) is 0 Å². The summed E-state index contributed by atoms with van der Waals surface area (Å²) < 4.78 is 5.96. The van der Waals surface area contributed by atoms with Crippen molar-refractivity contribution >= 4 is 17.5 Å². The van der Waals surface area contributed by atoms with Crippen molar-refractivity contribution in [1.82, 2.24) is 4.90 Å². The number of rotatable bonds is 10. The largest absolute Gasteiger partial charge is 0.491 e. The van der Waals surface area contributed by atoms with E-state index in [1.54, 1.807) is 0 Å². The highest BCUT2D eigenvalue weighted by atomic mass is 32.1. The minimum Gasteiger partial charge on any atom is -0.491 e. The number of hydrogen-bond acceptors (Lipinski definition) is 4. The molecule has 0 aromatic heterocycles. The molecule has 0 bridgehead atoms. The van der Waals surface area contributed by atoms with Gasteiger partial charge in [0.05, 0.1) is 12.2 Å². The van der Waals surface area contributed by atoms with Crippen molar-refractivity contribution in [3.05, 3.63) is 36.4 Å². The minimum atomic E-state index is -0.218. The molecule has 0 saturated heterocycles. The Morgan fingerprint density at radius 2 is 1.78 bits per heavy atom. The maximum absolute atomic E-state index is 9.37. The molecule has 0 aliphatic heterocycles. The molecule has 0 fully saturated rings. The van der Waals surface area contributed by atoms with Crippen LogP contribution >= 0.6 is 12.6 Å². The van der Waals surface area contributed by atoms with E-state index in [1.165, 1.54) is 0 Å². The molecule has 23 heavy (non-hydrogen) atoms. The van der Waals surface area contributed by atoms with Gasteiger partial charge in [0.25, 0.3) is 0 Å². The summed E-state index contributed by atoms with van der Waals surface area (Å²) in [6.45, 7) is 10.9. The van der Waals surface area contributed by atoms with Crippen molar-refractivity contribution in [3.63, 3.8) is 0 Å². The van der Waals surface area contributed by atoms with Crippen LogP contribution in [-0.4, -0.2) is 41.8 Å². The molecule has 0 aliphatic carbocycles. The van der Waals surface area contributed by atoms with Crippen LogP contribution in [0.25, 0.3) is 4.91 Å². The Bertz CT molecular complexity index is 473. The molecule has 3 atom stereocenters. The van der Waals surface area contributed by atoms with Gasteiger partial charge in [0.15, 0.2) is 0 Å². The van der Waals surface area contributed by atoms with Gasteiger partial charge in [-0.1, -0.05) is 18.7 Å². The number of ether oxygens (including phenoxy) is 1. The van der Waals surface area contributed by atoms with Crippen LogP contribution in [0.15, 0.2) is 30.8 Å². The SMILES string of the molecule is C=C(S)c1ccc(OC(C)CCN(C)C(C)CC[C@@H](C)O)cc1. The van der Waals surface area contributed by atoms with Gasteiger partial charge in [0.2, 0.25) is 0 Å². The molecule has 1 N–H and O–H groups in total. The molecule has 0 spiro atoms. The van der Waals surface area contributed by atoms with Gasteiger partial charge in [-0.15, -0.1) is 12.6 Å². The summed E-state index contributed by atoms with van der Waals surface area (Å²) in [6.07, 6.45) is 2.77. The summed E-state index contributed by atoms with van der Waals surface area (Å²) in [6, 6.07) is 8.34. The number of benzene rings is 1. The Morgan fingerprint density at radius 1 is 1.17 bits per heavy atom. The van der Waals surface area contributed by atoms with E-state index in [2.05, 4.69) is 45.0 Å². The van der Waals surface area contributed by atoms with E-state index in [4.69, 9.17) is 4.74 Å². The standard InChI is InChI=1S/C19H31NO2S/c1-14(6-7-15(2)21)20(5)13-12-16(3)22-19-10-8-18(9-11-19)17(4)23/h8-11,14-16,21,23H,4,6-7,12-13H2,1-3,5H3/t14?,15-,16?/m1/s1. The first kappa shape index (κ1) is 20.1. The van der Waals surface area contributed by atoms with Crippen LogP contribution in [0.3, 0.4) is 0 Å². The quantitative estimate of drug-likeness (QED) is 0.627. The van der Waals surface area contributed by atoms with Gasteiger partial charge >= 0.3 is 0 Å². The second-order valence-corrected chi connectivity index (χ2v) is 6.98. The summed E-state index contributed by atoms with van der Waals surface area (Å²) in [7, 11) is 2.13. The molecule has 0 heterocycles. The molecule has 3 nitrogen and oxygen atoms in total. The molecule has 0 amide bonds. The van der Waals surface area contributed by atoms with Gasteiger partial charge in [-0.3, -0.25) is 0 Å². The average Bonchev–Trinajstić information content (AvgIpc) is 2.50. The third kappa shape index (κ3) is 7.91. The van der Waals surface area contributed by atoms with Crippen LogP contribution < -0.4 is 4.74 Å². The van der Waals surface area contributed by atoms with E-state index in [0.29, 0.717) is 6.04 Å². The van der Waals surface area contributed by atoms with Crippen molar-refractivity contribution in [3.8, 4) is 5.75 Å². The fourth-order valence-corrected chi connectivity index (χ4v) is 2.47. The van der Waals surface area contributed by atoms with Crippen LogP contribution in [0.4, 0.5) is 0 Å². The number of aliphatic hydroxyl groups excluding tert-OH is 1. The maximum atomic E-state index is 9.37. The van der Waals surface area contributed by atoms with Crippen LogP contribution in [0.2, 0.25) is 0 Å². The zero-order valence-electron chi connectivity index (χ0n) is 14.8. The van der Waals surface area contributed by atoms with Gasteiger partial charge < -0.3 is 14.7 Å². The fourth-order valence-electron chi connectivity index (χ4n) is 2.33. The minimum absolute atomic E-state index is 0.159. The molecule has 1 aromatic carbocycles. The van der Waals surface area contributed by atoms with Gasteiger partial charge in [-0.2, -0.15) is 0 Å². The Balaban J connectivity index is 2.35. The first-order valence-corrected chi connectivity index (χ1v) is 8.77. The zero-order chi connectivity index (χ0) is 17.4. The van der Waals surface area contributed by atoms with Crippen molar-refractivity contribution < 1.29 is 9.84 Å². The van der Waals surface area contributed by atoms with Crippen molar-refractivity contribution in [2.24, 2.45) is 0 Å². The summed E-state index contributed by atoms with van der Waals surface area (Å²) in [4.78, 5) is 3.09. The number of thiol groups is 1. The molecule has 2 unspecified atom stereocenters. The average molecular weight is 338 g/mol. The topological polar surface area (TPSA) is 32.7 Å².